The predicted octanol–water partition coefficient (Wildman–Crippen LogP) is 0.708. The Labute approximate surface area is 186 Å². The second-order valence-corrected chi connectivity index (χ2v) is 8.85. The van der Waals surface area contributed by atoms with E-state index in [-0.39, 0.29) is 18.2 Å². The molecule has 0 saturated carbocycles. The molecule has 0 aliphatic carbocycles. The first-order valence-electron chi connectivity index (χ1n) is 10.1. The molecule has 0 aromatic heterocycles. The molecule has 0 spiro atoms. The van der Waals surface area contributed by atoms with Gasteiger partial charge >= 0.3 is 0 Å². The number of hydrogen-bond acceptors (Lipinski definition) is 6. The van der Waals surface area contributed by atoms with Gasteiger partial charge in [-0.2, -0.15) is 0 Å². The summed E-state index contributed by atoms with van der Waals surface area (Å²) < 4.78 is 11.0. The van der Waals surface area contributed by atoms with Crippen molar-refractivity contribution in [3.8, 4) is 5.75 Å². The number of hydrogen-bond donors (Lipinski definition) is 2. The van der Waals surface area contributed by atoms with Gasteiger partial charge in [-0.25, -0.2) is 0 Å². The Hall–Kier alpha value is -1.94. The molecule has 3 rings (SSSR count). The van der Waals surface area contributed by atoms with E-state index in [0.29, 0.717) is 22.3 Å². The maximum absolute atomic E-state index is 12.7. The summed E-state index contributed by atoms with van der Waals surface area (Å²) in [6.07, 6.45) is 2.99. The molecule has 2 N–H and O–H groups in total. The van der Waals surface area contributed by atoms with E-state index in [9.17, 15) is 9.59 Å². The van der Waals surface area contributed by atoms with Crippen LogP contribution in [0.2, 0.25) is 0 Å². The zero-order valence-corrected chi connectivity index (χ0v) is 18.8. The standard InChI is InChI=1S/C21H27N3O4S2/c1-27-17-5-3-16(4-6-17)15-18-20(26)24(21(29)30-18)10-7-19(25)22-8-2-9-23-11-13-28-14-12-23/h3-6,15H,2,7-14H2,1H3,(H,22,25)/p+1/b18-15-. The maximum Gasteiger partial charge on any atom is 0.266 e. The van der Waals surface area contributed by atoms with Crippen LogP contribution in [-0.2, 0) is 14.3 Å². The number of ether oxygens (including phenoxy) is 2. The number of thioether (sulfide) groups is 1. The third-order valence-corrected chi connectivity index (χ3v) is 6.46. The molecular formula is C21H28N3O4S2+. The Balaban J connectivity index is 1.41. The molecule has 2 aliphatic heterocycles. The van der Waals surface area contributed by atoms with Crippen LogP contribution in [0.4, 0.5) is 0 Å². The van der Waals surface area contributed by atoms with Gasteiger partial charge in [0.1, 0.15) is 23.2 Å². The third-order valence-electron chi connectivity index (χ3n) is 5.08. The molecule has 2 aliphatic rings. The lowest BCUT2D eigenvalue weighted by atomic mass is 10.2. The minimum absolute atomic E-state index is 0.0554. The number of methoxy groups -OCH3 is 1. The summed E-state index contributed by atoms with van der Waals surface area (Å²) in [6, 6.07) is 7.46. The van der Waals surface area contributed by atoms with Crippen LogP contribution in [0.1, 0.15) is 18.4 Å². The van der Waals surface area contributed by atoms with Gasteiger partial charge in [0.25, 0.3) is 5.91 Å². The van der Waals surface area contributed by atoms with E-state index in [1.165, 1.54) is 21.6 Å². The first kappa shape index (κ1) is 22.7. The van der Waals surface area contributed by atoms with Crippen LogP contribution in [-0.4, -0.2) is 74.1 Å². The first-order chi connectivity index (χ1) is 14.6. The van der Waals surface area contributed by atoms with Crippen LogP contribution in [0.15, 0.2) is 29.2 Å². The highest BCUT2D eigenvalue weighted by Gasteiger charge is 2.32. The number of carbonyl (C=O) groups is 2. The van der Waals surface area contributed by atoms with Crippen LogP contribution in [0.25, 0.3) is 6.08 Å². The van der Waals surface area contributed by atoms with E-state index in [1.807, 2.05) is 30.3 Å². The summed E-state index contributed by atoms with van der Waals surface area (Å²) in [7, 11) is 1.61. The van der Waals surface area contributed by atoms with E-state index in [2.05, 4.69) is 5.32 Å². The lowest BCUT2D eigenvalue weighted by Gasteiger charge is -2.23. The zero-order valence-electron chi connectivity index (χ0n) is 17.1. The molecule has 0 radical (unpaired) electrons. The van der Waals surface area contributed by atoms with E-state index in [0.717, 1.165) is 50.6 Å². The zero-order chi connectivity index (χ0) is 21.3. The van der Waals surface area contributed by atoms with Gasteiger partial charge in [0.15, 0.2) is 0 Å². The highest BCUT2D eigenvalue weighted by Crippen LogP contribution is 2.32. The van der Waals surface area contributed by atoms with Crippen LogP contribution in [0, 0.1) is 0 Å². The monoisotopic (exact) mass is 450 g/mol. The van der Waals surface area contributed by atoms with Crippen molar-refractivity contribution >= 4 is 46.2 Å². The molecule has 1 aromatic carbocycles. The largest absolute Gasteiger partial charge is 0.497 e. The normalized spacial score (nSPS) is 18.8. The fraction of sp³-hybridized carbons (Fsp3) is 0.476. The molecule has 2 saturated heterocycles. The number of thiocarbonyl (C=S) groups is 1. The van der Waals surface area contributed by atoms with E-state index in [4.69, 9.17) is 21.7 Å². The van der Waals surface area contributed by atoms with Gasteiger partial charge in [-0.1, -0.05) is 36.1 Å². The lowest BCUT2D eigenvalue weighted by molar-refractivity contribution is -0.908. The lowest BCUT2D eigenvalue weighted by Crippen LogP contribution is -3.14. The van der Waals surface area contributed by atoms with Crippen molar-refractivity contribution in [3.05, 3.63) is 34.7 Å². The highest BCUT2D eigenvalue weighted by atomic mass is 32.2. The molecule has 0 unspecified atom stereocenters. The first-order valence-corrected chi connectivity index (χ1v) is 11.4. The molecule has 1 aromatic rings. The number of quaternary nitrogens is 1. The highest BCUT2D eigenvalue weighted by molar-refractivity contribution is 8.26. The summed E-state index contributed by atoms with van der Waals surface area (Å²) in [4.78, 5) is 28.4. The third kappa shape index (κ3) is 6.53. The molecule has 2 fully saturated rings. The Kier molecular flexibility index (Phi) is 8.68. The summed E-state index contributed by atoms with van der Waals surface area (Å²) in [5, 5.41) is 2.94. The SMILES string of the molecule is COc1ccc(/C=C2\SC(=S)N(CCC(=O)NCCC[NH+]3CCOCC3)C2=O)cc1. The summed E-state index contributed by atoms with van der Waals surface area (Å²) in [6.45, 7) is 5.69. The van der Waals surface area contributed by atoms with Crippen LogP contribution < -0.4 is 15.0 Å². The van der Waals surface area contributed by atoms with Crippen LogP contribution >= 0.6 is 24.0 Å². The quantitative estimate of drug-likeness (QED) is 0.328. The summed E-state index contributed by atoms with van der Waals surface area (Å²) in [5.74, 6) is 0.557. The van der Waals surface area contributed by atoms with E-state index in [1.54, 1.807) is 7.11 Å². The van der Waals surface area contributed by atoms with Crippen molar-refractivity contribution < 1.29 is 24.0 Å². The Bertz CT molecular complexity index is 792. The number of carbonyl (C=O) groups excluding carboxylic acids is 2. The Morgan fingerprint density at radius 1 is 1.33 bits per heavy atom. The number of rotatable bonds is 9. The number of nitrogens with zero attached hydrogens (tertiary/aromatic N) is 1. The molecular weight excluding hydrogens is 422 g/mol. The van der Waals surface area contributed by atoms with Crippen LogP contribution in [0.5, 0.6) is 5.75 Å². The molecule has 0 bridgehead atoms. The fourth-order valence-electron chi connectivity index (χ4n) is 3.32. The van der Waals surface area contributed by atoms with Crippen molar-refractivity contribution in [1.82, 2.24) is 10.2 Å². The molecule has 2 heterocycles. The topological polar surface area (TPSA) is 72.3 Å². The average molecular weight is 451 g/mol. The summed E-state index contributed by atoms with van der Waals surface area (Å²) in [5.41, 5.74) is 0.899. The number of morpholine rings is 1. The van der Waals surface area contributed by atoms with Crippen molar-refractivity contribution in [1.29, 1.82) is 0 Å². The second kappa shape index (κ2) is 11.5. The van der Waals surface area contributed by atoms with Gasteiger partial charge in [0.2, 0.25) is 5.91 Å². The molecule has 30 heavy (non-hydrogen) atoms. The van der Waals surface area contributed by atoms with Gasteiger partial charge in [-0.3, -0.25) is 14.5 Å². The predicted molar refractivity (Wildman–Crippen MR) is 121 cm³/mol. The van der Waals surface area contributed by atoms with Crippen molar-refractivity contribution in [3.63, 3.8) is 0 Å². The molecule has 0 atom stereocenters. The van der Waals surface area contributed by atoms with Gasteiger partial charge in [0.05, 0.1) is 31.8 Å². The van der Waals surface area contributed by atoms with Crippen molar-refractivity contribution in [2.24, 2.45) is 0 Å². The minimum atomic E-state index is -0.149. The van der Waals surface area contributed by atoms with Gasteiger partial charge < -0.3 is 19.7 Å². The molecule has 7 nitrogen and oxygen atoms in total. The van der Waals surface area contributed by atoms with Gasteiger partial charge in [0, 0.05) is 25.9 Å². The fourth-order valence-corrected chi connectivity index (χ4v) is 4.63. The van der Waals surface area contributed by atoms with E-state index < -0.39 is 0 Å². The smallest absolute Gasteiger partial charge is 0.266 e. The summed E-state index contributed by atoms with van der Waals surface area (Å²) >= 11 is 6.61. The molecule has 2 amide bonds. The molecule has 9 heteroatoms. The number of benzene rings is 1. The molecule has 162 valence electrons. The average Bonchev–Trinajstić information content (AvgIpc) is 3.03. The Morgan fingerprint density at radius 3 is 2.77 bits per heavy atom. The second-order valence-electron chi connectivity index (χ2n) is 7.17. The van der Waals surface area contributed by atoms with Gasteiger partial charge in [-0.05, 0) is 23.8 Å². The van der Waals surface area contributed by atoms with Crippen molar-refractivity contribution in [2.45, 2.75) is 12.8 Å². The van der Waals surface area contributed by atoms with Crippen molar-refractivity contribution in [2.75, 3.05) is 53.0 Å². The minimum Gasteiger partial charge on any atom is -0.497 e. The van der Waals surface area contributed by atoms with Gasteiger partial charge in [-0.15, -0.1) is 0 Å². The number of nitrogens with one attached hydrogen (secondary N) is 2. The van der Waals surface area contributed by atoms with Crippen LogP contribution in [0.3, 0.4) is 0 Å². The van der Waals surface area contributed by atoms with E-state index >= 15 is 0 Å². The Morgan fingerprint density at radius 2 is 2.07 bits per heavy atom. The number of amides is 2. The maximum atomic E-state index is 12.7.